The van der Waals surface area contributed by atoms with Crippen LogP contribution >= 0.6 is 0 Å². The maximum absolute atomic E-state index is 13.4. The monoisotopic (exact) mass is 250 g/mol. The Bertz CT molecular complexity index is 580. The second kappa shape index (κ2) is 4.87. The summed E-state index contributed by atoms with van der Waals surface area (Å²) >= 11 is 0. The minimum absolute atomic E-state index is 0.167. The van der Waals surface area contributed by atoms with Gasteiger partial charge in [0.2, 0.25) is 0 Å². The smallest absolute Gasteiger partial charge is 0.358 e. The van der Waals surface area contributed by atoms with E-state index >= 15 is 0 Å². The van der Waals surface area contributed by atoms with E-state index in [1.54, 1.807) is 12.1 Å². The summed E-state index contributed by atoms with van der Waals surface area (Å²) in [6, 6.07) is 5.98. The van der Waals surface area contributed by atoms with Gasteiger partial charge in [-0.25, -0.2) is 9.18 Å². The van der Waals surface area contributed by atoms with E-state index in [4.69, 9.17) is 9.63 Å². The quantitative estimate of drug-likeness (QED) is 0.871. The Kier molecular flexibility index (Phi) is 3.27. The van der Waals surface area contributed by atoms with E-state index in [-0.39, 0.29) is 18.1 Å². The number of carboxylic acids is 1. The van der Waals surface area contributed by atoms with Crippen molar-refractivity contribution in [1.29, 1.82) is 0 Å². The average molecular weight is 250 g/mol. The molecule has 0 bridgehead atoms. The molecular weight excluding hydrogens is 239 g/mol. The van der Waals surface area contributed by atoms with Crippen LogP contribution in [0.3, 0.4) is 0 Å². The number of aromatic nitrogens is 1. The van der Waals surface area contributed by atoms with Gasteiger partial charge in [0.25, 0.3) is 0 Å². The molecule has 1 aromatic heterocycles. The van der Waals surface area contributed by atoms with Crippen LogP contribution in [0, 0.1) is 12.7 Å². The van der Waals surface area contributed by atoms with Gasteiger partial charge in [-0.05, 0) is 24.6 Å². The molecule has 0 aliphatic rings. The third-order valence-electron chi connectivity index (χ3n) is 2.35. The Hall–Kier alpha value is -2.37. The van der Waals surface area contributed by atoms with Crippen molar-refractivity contribution in [1.82, 2.24) is 5.16 Å². The Morgan fingerprint density at radius 3 is 2.94 bits per heavy atom. The highest BCUT2D eigenvalue weighted by Crippen LogP contribution is 2.16. The Morgan fingerprint density at radius 1 is 1.50 bits per heavy atom. The highest BCUT2D eigenvalue weighted by Gasteiger charge is 2.11. The first-order chi connectivity index (χ1) is 8.56. The number of aromatic carboxylic acids is 1. The van der Waals surface area contributed by atoms with Crippen LogP contribution < -0.4 is 5.32 Å². The van der Waals surface area contributed by atoms with Crippen LogP contribution in [0.5, 0.6) is 0 Å². The Balaban J connectivity index is 2.06. The van der Waals surface area contributed by atoms with Gasteiger partial charge in [-0.1, -0.05) is 11.2 Å². The van der Waals surface area contributed by atoms with Gasteiger partial charge in [-0.3, -0.25) is 0 Å². The van der Waals surface area contributed by atoms with E-state index in [9.17, 15) is 9.18 Å². The fraction of sp³-hybridized carbons (Fsp3) is 0.167. The summed E-state index contributed by atoms with van der Waals surface area (Å²) < 4.78 is 18.2. The lowest BCUT2D eigenvalue weighted by molar-refractivity contribution is 0.0685. The molecule has 0 unspecified atom stereocenters. The van der Waals surface area contributed by atoms with Crippen molar-refractivity contribution in [2.24, 2.45) is 0 Å². The molecule has 2 rings (SSSR count). The van der Waals surface area contributed by atoms with Crippen LogP contribution in [-0.2, 0) is 6.54 Å². The fourth-order valence-corrected chi connectivity index (χ4v) is 1.45. The number of nitrogens with one attached hydrogen (secondary N) is 1. The number of hydrogen-bond acceptors (Lipinski definition) is 4. The lowest BCUT2D eigenvalue weighted by Gasteiger charge is -2.06. The SMILES string of the molecule is Cc1ccc(F)c(NCc2cc(C(=O)O)no2)c1. The molecule has 0 saturated heterocycles. The maximum atomic E-state index is 13.4. The zero-order chi connectivity index (χ0) is 13.1. The zero-order valence-corrected chi connectivity index (χ0v) is 9.61. The molecule has 2 aromatic rings. The molecule has 18 heavy (non-hydrogen) atoms. The van der Waals surface area contributed by atoms with E-state index in [2.05, 4.69) is 10.5 Å². The van der Waals surface area contributed by atoms with Crippen molar-refractivity contribution in [3.05, 3.63) is 47.1 Å². The zero-order valence-electron chi connectivity index (χ0n) is 9.61. The molecule has 0 saturated carbocycles. The number of nitrogens with zero attached hydrogens (tertiary/aromatic N) is 1. The minimum atomic E-state index is -1.16. The number of benzene rings is 1. The molecule has 0 aliphatic heterocycles. The molecule has 0 radical (unpaired) electrons. The van der Waals surface area contributed by atoms with Crippen LogP contribution in [0.15, 0.2) is 28.8 Å². The summed E-state index contributed by atoms with van der Waals surface area (Å²) in [7, 11) is 0. The second-order valence-electron chi connectivity index (χ2n) is 3.82. The molecule has 0 aliphatic carbocycles. The minimum Gasteiger partial charge on any atom is -0.476 e. The van der Waals surface area contributed by atoms with Crippen molar-refractivity contribution >= 4 is 11.7 Å². The fourth-order valence-electron chi connectivity index (χ4n) is 1.45. The molecule has 94 valence electrons. The Labute approximate surface area is 102 Å². The van der Waals surface area contributed by atoms with Crippen molar-refractivity contribution in [3.63, 3.8) is 0 Å². The normalized spacial score (nSPS) is 10.3. The molecule has 5 nitrogen and oxygen atoms in total. The molecule has 2 N–H and O–H groups in total. The van der Waals surface area contributed by atoms with Gasteiger partial charge in [0.1, 0.15) is 5.82 Å². The number of anilines is 1. The number of aryl methyl sites for hydroxylation is 1. The predicted octanol–water partition coefficient (Wildman–Crippen LogP) is 2.43. The van der Waals surface area contributed by atoms with Gasteiger partial charge in [0, 0.05) is 6.07 Å². The van der Waals surface area contributed by atoms with Gasteiger partial charge in [0.15, 0.2) is 11.5 Å². The summed E-state index contributed by atoms with van der Waals surface area (Å²) in [5.74, 6) is -1.21. The topological polar surface area (TPSA) is 75.4 Å². The van der Waals surface area contributed by atoms with Gasteiger partial charge in [0.05, 0.1) is 12.2 Å². The third kappa shape index (κ3) is 2.65. The Morgan fingerprint density at radius 2 is 2.28 bits per heavy atom. The second-order valence-corrected chi connectivity index (χ2v) is 3.82. The first-order valence-corrected chi connectivity index (χ1v) is 5.25. The van der Waals surface area contributed by atoms with E-state index in [0.29, 0.717) is 11.4 Å². The maximum Gasteiger partial charge on any atom is 0.358 e. The number of rotatable bonds is 4. The largest absolute Gasteiger partial charge is 0.476 e. The lowest BCUT2D eigenvalue weighted by atomic mass is 10.2. The highest BCUT2D eigenvalue weighted by atomic mass is 19.1. The first-order valence-electron chi connectivity index (χ1n) is 5.25. The van der Waals surface area contributed by atoms with E-state index in [0.717, 1.165) is 5.56 Å². The van der Waals surface area contributed by atoms with Crippen LogP contribution in [-0.4, -0.2) is 16.2 Å². The van der Waals surface area contributed by atoms with Gasteiger partial charge in [-0.2, -0.15) is 0 Å². The standard InChI is InChI=1S/C12H11FN2O3/c1-7-2-3-9(13)10(4-7)14-6-8-5-11(12(16)17)15-18-8/h2-5,14H,6H2,1H3,(H,16,17). The first kappa shape index (κ1) is 12.1. The van der Waals surface area contributed by atoms with E-state index in [1.807, 2.05) is 6.92 Å². The van der Waals surface area contributed by atoms with Crippen LogP contribution in [0.4, 0.5) is 10.1 Å². The van der Waals surface area contributed by atoms with Crippen LogP contribution in [0.25, 0.3) is 0 Å². The summed E-state index contributed by atoms with van der Waals surface area (Å²) in [5, 5.41) is 14.8. The van der Waals surface area contributed by atoms with E-state index in [1.165, 1.54) is 12.1 Å². The summed E-state index contributed by atoms with van der Waals surface area (Å²) in [5.41, 5.74) is 1.09. The molecule has 6 heteroatoms. The molecule has 0 atom stereocenters. The lowest BCUT2D eigenvalue weighted by Crippen LogP contribution is -2.01. The van der Waals surface area contributed by atoms with E-state index < -0.39 is 5.97 Å². The van der Waals surface area contributed by atoms with Crippen LogP contribution in [0.1, 0.15) is 21.8 Å². The number of halogens is 1. The summed E-state index contributed by atoms with van der Waals surface area (Å²) in [6.07, 6.45) is 0. The number of carboxylic acid groups (broad SMARTS) is 1. The number of hydrogen-bond donors (Lipinski definition) is 2. The molecule has 1 aromatic carbocycles. The van der Waals surface area contributed by atoms with Crippen LogP contribution in [0.2, 0.25) is 0 Å². The molecule has 0 spiro atoms. The third-order valence-corrected chi connectivity index (χ3v) is 2.35. The molecular formula is C12H11FN2O3. The molecule has 1 heterocycles. The molecule has 0 amide bonds. The van der Waals surface area contributed by atoms with Gasteiger partial charge in [-0.15, -0.1) is 0 Å². The summed E-state index contributed by atoms with van der Waals surface area (Å²) in [4.78, 5) is 10.6. The van der Waals surface area contributed by atoms with Crippen molar-refractivity contribution < 1.29 is 18.8 Å². The number of carbonyl (C=O) groups is 1. The summed E-state index contributed by atoms with van der Waals surface area (Å²) in [6.45, 7) is 2.02. The highest BCUT2D eigenvalue weighted by molar-refractivity contribution is 5.85. The van der Waals surface area contributed by atoms with Crippen molar-refractivity contribution in [2.45, 2.75) is 13.5 Å². The van der Waals surface area contributed by atoms with Crippen molar-refractivity contribution in [2.75, 3.05) is 5.32 Å². The predicted molar refractivity (Wildman–Crippen MR) is 61.9 cm³/mol. The molecule has 0 fully saturated rings. The van der Waals surface area contributed by atoms with Gasteiger partial charge >= 0.3 is 5.97 Å². The van der Waals surface area contributed by atoms with Gasteiger partial charge < -0.3 is 14.9 Å². The average Bonchev–Trinajstić information content (AvgIpc) is 2.79. The van der Waals surface area contributed by atoms with Crippen molar-refractivity contribution in [3.8, 4) is 0 Å².